The second-order valence-corrected chi connectivity index (χ2v) is 4.64. The average Bonchev–Trinajstić information content (AvgIpc) is 2.18. The number of nitrogen functional groups attached to an aromatic ring is 1. The predicted octanol–water partition coefficient (Wildman–Crippen LogP) is 2.74. The van der Waals surface area contributed by atoms with E-state index in [1.807, 2.05) is 23.9 Å². The van der Waals surface area contributed by atoms with Crippen molar-refractivity contribution < 1.29 is 0 Å². The van der Waals surface area contributed by atoms with E-state index >= 15 is 0 Å². The van der Waals surface area contributed by atoms with Crippen molar-refractivity contribution in [1.29, 1.82) is 0 Å². The first-order chi connectivity index (χ1) is 6.83. The van der Waals surface area contributed by atoms with Crippen LogP contribution in [0.4, 0.5) is 5.82 Å². The molecule has 0 amide bonds. The van der Waals surface area contributed by atoms with Crippen molar-refractivity contribution in [1.82, 2.24) is 4.98 Å². The third kappa shape index (κ3) is 4.51. The molecule has 0 saturated carbocycles. The highest BCUT2D eigenvalue weighted by molar-refractivity contribution is 7.99. The fraction of sp³-hybridized carbons (Fsp3) is 0.545. The molecule has 2 nitrogen and oxygen atoms in total. The number of hydrogen-bond acceptors (Lipinski definition) is 3. The summed E-state index contributed by atoms with van der Waals surface area (Å²) in [5, 5.41) is 0. The molecule has 0 spiro atoms. The minimum atomic E-state index is 0.630. The summed E-state index contributed by atoms with van der Waals surface area (Å²) < 4.78 is 0. The standard InChI is InChI=1S/C11H18N2S/c1-2-14-8-4-3-5-10-6-7-13-11(12)9-10/h6-7,9H,2-5,8H2,1H3,(H2,12,13). The van der Waals surface area contributed by atoms with Crippen LogP contribution in [-0.2, 0) is 6.42 Å². The molecule has 0 aliphatic carbocycles. The molecule has 1 aromatic heterocycles. The summed E-state index contributed by atoms with van der Waals surface area (Å²) in [6.07, 6.45) is 5.44. The third-order valence-electron chi connectivity index (χ3n) is 2.05. The maximum Gasteiger partial charge on any atom is 0.123 e. The van der Waals surface area contributed by atoms with E-state index in [2.05, 4.69) is 11.9 Å². The summed E-state index contributed by atoms with van der Waals surface area (Å²) in [7, 11) is 0. The molecule has 78 valence electrons. The Kier molecular flexibility index (Phi) is 5.45. The van der Waals surface area contributed by atoms with Gasteiger partial charge >= 0.3 is 0 Å². The molecule has 0 aliphatic heterocycles. The molecular formula is C11H18N2S. The van der Waals surface area contributed by atoms with Gasteiger partial charge in [0.1, 0.15) is 5.82 Å². The number of aryl methyl sites for hydroxylation is 1. The maximum absolute atomic E-state index is 5.60. The van der Waals surface area contributed by atoms with E-state index in [0.717, 1.165) is 6.42 Å². The summed E-state index contributed by atoms with van der Waals surface area (Å²) >= 11 is 2.01. The number of hydrogen-bond donors (Lipinski definition) is 1. The molecule has 0 radical (unpaired) electrons. The number of nitrogens with two attached hydrogens (primary N) is 1. The van der Waals surface area contributed by atoms with Crippen LogP contribution in [0.15, 0.2) is 18.3 Å². The molecule has 0 aliphatic rings. The lowest BCUT2D eigenvalue weighted by molar-refractivity contribution is 0.802. The molecule has 0 unspecified atom stereocenters. The van der Waals surface area contributed by atoms with Crippen LogP contribution >= 0.6 is 11.8 Å². The molecule has 3 heteroatoms. The van der Waals surface area contributed by atoms with Gasteiger partial charge in [0, 0.05) is 6.20 Å². The van der Waals surface area contributed by atoms with Crippen molar-refractivity contribution in [3.8, 4) is 0 Å². The Bertz CT molecular complexity index is 263. The molecule has 0 saturated heterocycles. The van der Waals surface area contributed by atoms with Gasteiger partial charge in [-0.1, -0.05) is 6.92 Å². The van der Waals surface area contributed by atoms with E-state index in [0.29, 0.717) is 5.82 Å². The van der Waals surface area contributed by atoms with Gasteiger partial charge in [0.15, 0.2) is 0 Å². The molecule has 0 aromatic carbocycles. The molecular weight excluding hydrogens is 192 g/mol. The first-order valence-corrected chi connectivity index (χ1v) is 6.26. The highest BCUT2D eigenvalue weighted by atomic mass is 32.2. The van der Waals surface area contributed by atoms with E-state index in [4.69, 9.17) is 5.73 Å². The van der Waals surface area contributed by atoms with E-state index < -0.39 is 0 Å². The average molecular weight is 210 g/mol. The van der Waals surface area contributed by atoms with E-state index in [1.165, 1.54) is 29.9 Å². The Hall–Kier alpha value is -0.700. The van der Waals surface area contributed by atoms with Gasteiger partial charge in [0.2, 0.25) is 0 Å². The number of thioether (sulfide) groups is 1. The van der Waals surface area contributed by atoms with E-state index in [1.54, 1.807) is 6.20 Å². The Balaban J connectivity index is 2.18. The van der Waals surface area contributed by atoms with Crippen molar-refractivity contribution in [2.24, 2.45) is 0 Å². The molecule has 2 N–H and O–H groups in total. The minimum Gasteiger partial charge on any atom is -0.384 e. The highest BCUT2D eigenvalue weighted by Gasteiger charge is 1.94. The lowest BCUT2D eigenvalue weighted by Crippen LogP contribution is -1.93. The molecule has 1 aromatic rings. The normalized spacial score (nSPS) is 10.4. The van der Waals surface area contributed by atoms with Crippen LogP contribution in [0.2, 0.25) is 0 Å². The first kappa shape index (κ1) is 11.4. The molecule has 14 heavy (non-hydrogen) atoms. The number of nitrogens with zero attached hydrogens (tertiary/aromatic N) is 1. The summed E-state index contributed by atoms with van der Waals surface area (Å²) in [4.78, 5) is 3.97. The Morgan fingerprint density at radius 2 is 2.29 bits per heavy atom. The van der Waals surface area contributed by atoms with Crippen molar-refractivity contribution in [3.05, 3.63) is 23.9 Å². The maximum atomic E-state index is 5.60. The smallest absolute Gasteiger partial charge is 0.123 e. The lowest BCUT2D eigenvalue weighted by atomic mass is 10.1. The van der Waals surface area contributed by atoms with Crippen LogP contribution in [0.1, 0.15) is 25.3 Å². The quantitative estimate of drug-likeness (QED) is 0.734. The number of anilines is 1. The largest absolute Gasteiger partial charge is 0.384 e. The minimum absolute atomic E-state index is 0.630. The second kappa shape index (κ2) is 6.71. The van der Waals surface area contributed by atoms with Crippen LogP contribution in [0, 0.1) is 0 Å². The fourth-order valence-corrected chi connectivity index (χ4v) is 2.02. The number of aromatic nitrogens is 1. The molecule has 0 atom stereocenters. The Morgan fingerprint density at radius 3 is 3.00 bits per heavy atom. The van der Waals surface area contributed by atoms with Crippen LogP contribution in [-0.4, -0.2) is 16.5 Å². The van der Waals surface area contributed by atoms with Crippen LogP contribution in [0.25, 0.3) is 0 Å². The summed E-state index contributed by atoms with van der Waals surface area (Å²) in [6, 6.07) is 4.01. The molecule has 0 bridgehead atoms. The van der Waals surface area contributed by atoms with Gasteiger partial charge in [0.05, 0.1) is 0 Å². The monoisotopic (exact) mass is 210 g/mol. The number of unbranched alkanes of at least 4 members (excludes halogenated alkanes) is 1. The van der Waals surface area contributed by atoms with Gasteiger partial charge in [-0.15, -0.1) is 0 Å². The SMILES string of the molecule is CCSCCCCc1ccnc(N)c1. The predicted molar refractivity (Wildman–Crippen MR) is 64.6 cm³/mol. The number of pyridine rings is 1. The van der Waals surface area contributed by atoms with Crippen molar-refractivity contribution in [3.63, 3.8) is 0 Å². The zero-order valence-corrected chi connectivity index (χ0v) is 9.52. The van der Waals surface area contributed by atoms with E-state index in [-0.39, 0.29) is 0 Å². The van der Waals surface area contributed by atoms with Crippen molar-refractivity contribution in [2.45, 2.75) is 26.2 Å². The van der Waals surface area contributed by atoms with Crippen molar-refractivity contribution >= 4 is 17.6 Å². The van der Waals surface area contributed by atoms with E-state index in [9.17, 15) is 0 Å². The molecule has 0 fully saturated rings. The molecule has 1 rings (SSSR count). The van der Waals surface area contributed by atoms with Gasteiger partial charge in [0.25, 0.3) is 0 Å². The van der Waals surface area contributed by atoms with Crippen LogP contribution in [0.5, 0.6) is 0 Å². The first-order valence-electron chi connectivity index (χ1n) is 5.11. The van der Waals surface area contributed by atoms with Gasteiger partial charge in [-0.3, -0.25) is 0 Å². The van der Waals surface area contributed by atoms with Crippen molar-refractivity contribution in [2.75, 3.05) is 17.2 Å². The summed E-state index contributed by atoms with van der Waals surface area (Å²) in [5.41, 5.74) is 6.90. The summed E-state index contributed by atoms with van der Waals surface area (Å²) in [6.45, 7) is 2.20. The Labute approximate surface area is 90.3 Å². The topological polar surface area (TPSA) is 38.9 Å². The fourth-order valence-electron chi connectivity index (χ4n) is 1.33. The van der Waals surface area contributed by atoms with Crippen LogP contribution < -0.4 is 5.73 Å². The summed E-state index contributed by atoms with van der Waals surface area (Å²) in [5.74, 6) is 3.13. The van der Waals surface area contributed by atoms with Gasteiger partial charge < -0.3 is 5.73 Å². The Morgan fingerprint density at radius 1 is 1.43 bits per heavy atom. The van der Waals surface area contributed by atoms with Gasteiger partial charge in [-0.05, 0) is 48.5 Å². The lowest BCUT2D eigenvalue weighted by Gasteiger charge is -2.01. The zero-order valence-electron chi connectivity index (χ0n) is 8.70. The zero-order chi connectivity index (χ0) is 10.2. The van der Waals surface area contributed by atoms with Gasteiger partial charge in [-0.25, -0.2) is 4.98 Å². The second-order valence-electron chi connectivity index (χ2n) is 3.24. The number of rotatable bonds is 6. The van der Waals surface area contributed by atoms with Crippen LogP contribution in [0.3, 0.4) is 0 Å². The highest BCUT2D eigenvalue weighted by Crippen LogP contribution is 2.09. The third-order valence-corrected chi connectivity index (χ3v) is 3.04. The van der Waals surface area contributed by atoms with Gasteiger partial charge in [-0.2, -0.15) is 11.8 Å². The molecule has 1 heterocycles.